The molecule has 1 fully saturated rings. The van der Waals surface area contributed by atoms with E-state index in [1.165, 1.54) is 25.7 Å². The third kappa shape index (κ3) is 5.65. The molecule has 1 aliphatic rings. The molecular formula is C18H27NO3S. The molecule has 0 heterocycles. The van der Waals surface area contributed by atoms with Gasteiger partial charge in [0.1, 0.15) is 0 Å². The van der Waals surface area contributed by atoms with Crippen molar-refractivity contribution in [1.29, 1.82) is 0 Å². The van der Waals surface area contributed by atoms with Crippen LogP contribution in [0.15, 0.2) is 24.3 Å². The molecule has 1 aromatic carbocycles. The minimum absolute atomic E-state index is 0.0505. The number of hydrogen-bond acceptors (Lipinski definition) is 4. The highest BCUT2D eigenvalue weighted by molar-refractivity contribution is 7.99. The van der Waals surface area contributed by atoms with Crippen LogP contribution in [0, 0.1) is 0 Å². The topological polar surface area (TPSA) is 47.6 Å². The Morgan fingerprint density at radius 2 is 2.00 bits per heavy atom. The Morgan fingerprint density at radius 3 is 2.65 bits per heavy atom. The summed E-state index contributed by atoms with van der Waals surface area (Å²) in [5.41, 5.74) is 0. The zero-order valence-corrected chi connectivity index (χ0v) is 14.9. The molecule has 0 saturated heterocycles. The summed E-state index contributed by atoms with van der Waals surface area (Å²) in [6.45, 7) is 2.65. The molecule has 5 heteroatoms. The van der Waals surface area contributed by atoms with Crippen LogP contribution >= 0.6 is 11.8 Å². The van der Waals surface area contributed by atoms with E-state index in [9.17, 15) is 4.79 Å². The quantitative estimate of drug-likeness (QED) is 0.699. The Hall–Kier alpha value is -1.36. The average Bonchev–Trinajstić information content (AvgIpc) is 3.10. The van der Waals surface area contributed by atoms with Gasteiger partial charge >= 0.3 is 0 Å². The molecule has 1 aromatic rings. The van der Waals surface area contributed by atoms with Gasteiger partial charge in [-0.05, 0) is 31.4 Å². The van der Waals surface area contributed by atoms with Crippen LogP contribution in [0.1, 0.15) is 39.0 Å². The van der Waals surface area contributed by atoms with E-state index in [0.717, 1.165) is 11.0 Å². The average molecular weight is 337 g/mol. The van der Waals surface area contributed by atoms with Gasteiger partial charge in [-0.3, -0.25) is 4.79 Å². The first-order chi connectivity index (χ1) is 11.2. The number of para-hydroxylation sites is 2. The van der Waals surface area contributed by atoms with Crippen molar-refractivity contribution in [2.24, 2.45) is 0 Å². The molecule has 1 amide bonds. The summed E-state index contributed by atoms with van der Waals surface area (Å²) in [6, 6.07) is 7.41. The Morgan fingerprint density at radius 1 is 1.30 bits per heavy atom. The smallest absolute Gasteiger partial charge is 0.261 e. The van der Waals surface area contributed by atoms with Crippen LogP contribution in [0.25, 0.3) is 0 Å². The lowest BCUT2D eigenvalue weighted by molar-refractivity contribution is -0.128. The molecule has 2 rings (SSSR count). The van der Waals surface area contributed by atoms with Crippen molar-refractivity contribution in [3.05, 3.63) is 24.3 Å². The molecular weight excluding hydrogens is 310 g/mol. The van der Waals surface area contributed by atoms with Crippen LogP contribution in [-0.2, 0) is 4.79 Å². The molecule has 0 unspecified atom stereocenters. The Kier molecular flexibility index (Phi) is 7.59. The number of nitrogens with one attached hydrogen (secondary N) is 1. The van der Waals surface area contributed by atoms with E-state index in [2.05, 4.69) is 5.32 Å². The predicted molar refractivity (Wildman–Crippen MR) is 95.4 cm³/mol. The molecule has 0 aliphatic heterocycles. The van der Waals surface area contributed by atoms with Crippen LogP contribution in [-0.4, -0.2) is 36.7 Å². The number of thioether (sulfide) groups is 1. The number of rotatable bonds is 9. The Labute approximate surface area is 143 Å². The fourth-order valence-corrected chi connectivity index (χ4v) is 3.98. The molecule has 4 nitrogen and oxygen atoms in total. The largest absolute Gasteiger partial charge is 0.493 e. The second-order valence-electron chi connectivity index (χ2n) is 5.73. The van der Waals surface area contributed by atoms with Crippen molar-refractivity contribution in [1.82, 2.24) is 5.32 Å². The lowest BCUT2D eigenvalue weighted by Gasteiger charge is -2.19. The van der Waals surface area contributed by atoms with Crippen LogP contribution in [0.3, 0.4) is 0 Å². The van der Waals surface area contributed by atoms with Gasteiger partial charge in [-0.25, -0.2) is 0 Å². The maximum atomic E-state index is 12.3. The summed E-state index contributed by atoms with van der Waals surface area (Å²) in [7, 11) is 1.60. The van der Waals surface area contributed by atoms with E-state index < -0.39 is 6.10 Å². The SMILES string of the molecule is CC[C@@H](Oc1ccccc1OC)C(=O)NCCSC1CCCC1. The maximum absolute atomic E-state index is 12.3. The number of benzene rings is 1. The fourth-order valence-electron chi connectivity index (χ4n) is 2.76. The summed E-state index contributed by atoms with van der Waals surface area (Å²) in [4.78, 5) is 12.3. The Bertz CT molecular complexity index is 489. The minimum atomic E-state index is -0.484. The lowest BCUT2D eigenvalue weighted by Crippen LogP contribution is -2.39. The number of hydrogen-bond donors (Lipinski definition) is 1. The van der Waals surface area contributed by atoms with E-state index >= 15 is 0 Å². The molecule has 1 aliphatic carbocycles. The van der Waals surface area contributed by atoms with Crippen LogP contribution in [0.5, 0.6) is 11.5 Å². The molecule has 1 saturated carbocycles. The highest BCUT2D eigenvalue weighted by Gasteiger charge is 2.20. The third-order valence-electron chi connectivity index (χ3n) is 4.06. The number of carbonyl (C=O) groups is 1. The molecule has 0 aromatic heterocycles. The van der Waals surface area contributed by atoms with Gasteiger partial charge in [-0.15, -0.1) is 0 Å². The molecule has 128 valence electrons. The van der Waals surface area contributed by atoms with Crippen molar-refractivity contribution in [3.8, 4) is 11.5 Å². The zero-order chi connectivity index (χ0) is 16.5. The van der Waals surface area contributed by atoms with Gasteiger partial charge in [0.25, 0.3) is 5.91 Å². The number of carbonyl (C=O) groups excluding carboxylic acids is 1. The number of methoxy groups -OCH3 is 1. The molecule has 1 N–H and O–H groups in total. The number of ether oxygens (including phenoxy) is 2. The van der Waals surface area contributed by atoms with Gasteiger partial charge in [0.05, 0.1) is 7.11 Å². The second-order valence-corrected chi connectivity index (χ2v) is 7.14. The maximum Gasteiger partial charge on any atom is 0.261 e. The summed E-state index contributed by atoms with van der Waals surface area (Å²) >= 11 is 1.98. The molecule has 23 heavy (non-hydrogen) atoms. The predicted octanol–water partition coefficient (Wildman–Crippen LogP) is 3.64. The zero-order valence-electron chi connectivity index (χ0n) is 14.0. The van der Waals surface area contributed by atoms with E-state index in [0.29, 0.717) is 24.5 Å². The summed E-state index contributed by atoms with van der Waals surface area (Å²) < 4.78 is 11.1. The van der Waals surface area contributed by atoms with E-state index in [1.54, 1.807) is 7.11 Å². The van der Waals surface area contributed by atoms with E-state index in [4.69, 9.17) is 9.47 Å². The van der Waals surface area contributed by atoms with Gasteiger partial charge in [-0.1, -0.05) is 31.9 Å². The van der Waals surface area contributed by atoms with Crippen LogP contribution in [0.4, 0.5) is 0 Å². The van der Waals surface area contributed by atoms with Gasteiger partial charge in [-0.2, -0.15) is 11.8 Å². The highest BCUT2D eigenvalue weighted by Crippen LogP contribution is 2.29. The van der Waals surface area contributed by atoms with Gasteiger partial charge < -0.3 is 14.8 Å². The fraction of sp³-hybridized carbons (Fsp3) is 0.611. The van der Waals surface area contributed by atoms with Gasteiger partial charge in [0.2, 0.25) is 0 Å². The molecule has 0 radical (unpaired) electrons. The van der Waals surface area contributed by atoms with Crippen molar-refractivity contribution < 1.29 is 14.3 Å². The standard InChI is InChI=1S/C18H27NO3S/c1-3-15(22-17-11-7-6-10-16(17)21-2)18(20)19-12-13-23-14-8-4-5-9-14/h6-7,10-11,14-15H,3-5,8-9,12-13H2,1-2H3,(H,19,20)/t15-/m1/s1. The highest BCUT2D eigenvalue weighted by atomic mass is 32.2. The summed E-state index contributed by atoms with van der Waals surface area (Å²) in [5, 5.41) is 3.78. The van der Waals surface area contributed by atoms with Crippen molar-refractivity contribution >= 4 is 17.7 Å². The lowest BCUT2D eigenvalue weighted by atomic mass is 10.2. The van der Waals surface area contributed by atoms with Crippen molar-refractivity contribution in [2.75, 3.05) is 19.4 Å². The molecule has 0 bridgehead atoms. The van der Waals surface area contributed by atoms with Crippen LogP contribution < -0.4 is 14.8 Å². The first-order valence-corrected chi connectivity index (χ1v) is 9.48. The minimum Gasteiger partial charge on any atom is -0.493 e. The first-order valence-electron chi connectivity index (χ1n) is 8.43. The van der Waals surface area contributed by atoms with Crippen molar-refractivity contribution in [2.45, 2.75) is 50.4 Å². The van der Waals surface area contributed by atoms with Gasteiger partial charge in [0.15, 0.2) is 17.6 Å². The monoisotopic (exact) mass is 337 g/mol. The number of amides is 1. The van der Waals surface area contributed by atoms with Crippen molar-refractivity contribution in [3.63, 3.8) is 0 Å². The normalized spacial score (nSPS) is 16.1. The summed E-state index contributed by atoms with van der Waals surface area (Å²) in [5.74, 6) is 2.18. The third-order valence-corrected chi connectivity index (χ3v) is 5.44. The molecule has 0 spiro atoms. The summed E-state index contributed by atoms with van der Waals surface area (Å²) in [6.07, 6.45) is 5.51. The van der Waals surface area contributed by atoms with Crippen LogP contribution in [0.2, 0.25) is 0 Å². The van der Waals surface area contributed by atoms with E-state index in [-0.39, 0.29) is 5.91 Å². The van der Waals surface area contributed by atoms with Gasteiger partial charge in [0, 0.05) is 17.5 Å². The Balaban J connectivity index is 1.76. The van der Waals surface area contributed by atoms with E-state index in [1.807, 2.05) is 43.0 Å². The molecule has 1 atom stereocenters. The first kappa shape index (κ1) is 18.0. The second kappa shape index (κ2) is 9.71.